The number of amides is 1. The van der Waals surface area contributed by atoms with Crippen LogP contribution in [0.3, 0.4) is 0 Å². The second kappa shape index (κ2) is 12.4. The van der Waals surface area contributed by atoms with Crippen molar-refractivity contribution in [3.8, 4) is 0 Å². The average molecular weight is 385 g/mol. The zero-order valence-corrected chi connectivity index (χ0v) is 13.2. The molecule has 19 heavy (non-hydrogen) atoms. The van der Waals surface area contributed by atoms with E-state index in [4.69, 9.17) is 17.2 Å². The van der Waals surface area contributed by atoms with E-state index in [1.165, 1.54) is 0 Å². The fourth-order valence-electron chi connectivity index (χ4n) is 1.36. The largest absolute Gasteiger partial charge is 0.370 e. The van der Waals surface area contributed by atoms with E-state index >= 15 is 0 Å². The molecule has 0 aliphatic carbocycles. The van der Waals surface area contributed by atoms with Crippen LogP contribution in [0.2, 0.25) is 0 Å². The molecule has 0 aromatic heterocycles. The molecular formula is C10H24IN7O. The normalized spacial score (nSPS) is 11.9. The number of carbonyl (C=O) groups excluding carboxylic acids is 1. The molecule has 0 aliphatic heterocycles. The third-order valence-corrected chi connectivity index (χ3v) is 3.07. The van der Waals surface area contributed by atoms with Gasteiger partial charge in [0.05, 0.1) is 6.04 Å². The van der Waals surface area contributed by atoms with Gasteiger partial charge in [-0.25, -0.2) is 3.53 Å². The smallest absolute Gasteiger partial charge is 0.237 e. The van der Waals surface area contributed by atoms with Crippen LogP contribution in [0, 0.1) is 0 Å². The fourth-order valence-corrected chi connectivity index (χ4v) is 1.96. The van der Waals surface area contributed by atoms with E-state index in [2.05, 4.69) is 19.2 Å². The molecule has 0 spiro atoms. The lowest BCUT2D eigenvalue weighted by molar-refractivity contribution is -0.122. The first-order valence-electron chi connectivity index (χ1n) is 6.21. The van der Waals surface area contributed by atoms with Crippen molar-refractivity contribution in [1.82, 2.24) is 14.2 Å². The second-order valence-electron chi connectivity index (χ2n) is 3.94. The molecule has 0 aromatic carbocycles. The molecule has 0 rings (SSSR count). The molecule has 1 amide bonds. The number of rotatable bonds is 11. The number of hydrogen-bond acceptors (Lipinski definition) is 5. The summed E-state index contributed by atoms with van der Waals surface area (Å²) in [6.07, 6.45) is 1.43. The highest BCUT2D eigenvalue weighted by Gasteiger charge is 2.15. The van der Waals surface area contributed by atoms with Crippen molar-refractivity contribution >= 4 is 34.7 Å². The first-order valence-corrected chi connectivity index (χ1v) is 7.29. The van der Waals surface area contributed by atoms with E-state index < -0.39 is 0 Å². The van der Waals surface area contributed by atoms with E-state index in [0.29, 0.717) is 32.6 Å². The molecular weight excluding hydrogens is 361 g/mol. The summed E-state index contributed by atoms with van der Waals surface area (Å²) >= 11 is 1.98. The Bertz CT molecular complexity index is 271. The molecule has 0 radical (unpaired) electrons. The topological polar surface area (TPSA) is 144 Å². The van der Waals surface area contributed by atoms with Crippen LogP contribution in [0.25, 0.3) is 0 Å². The van der Waals surface area contributed by atoms with Crippen molar-refractivity contribution in [2.75, 3.05) is 32.7 Å². The van der Waals surface area contributed by atoms with Crippen molar-refractivity contribution in [2.45, 2.75) is 18.9 Å². The predicted octanol–water partition coefficient (Wildman–Crippen LogP) is -1.99. The number of nitrogens with zero attached hydrogens (tertiary/aromatic N) is 1. The van der Waals surface area contributed by atoms with Gasteiger partial charge in [-0.3, -0.25) is 9.79 Å². The number of guanidine groups is 1. The van der Waals surface area contributed by atoms with Crippen LogP contribution in [0.4, 0.5) is 0 Å². The first kappa shape index (κ1) is 18.4. The van der Waals surface area contributed by atoms with Gasteiger partial charge in [-0.2, -0.15) is 0 Å². The van der Waals surface area contributed by atoms with Crippen LogP contribution in [-0.4, -0.2) is 50.6 Å². The van der Waals surface area contributed by atoms with Gasteiger partial charge in [0.15, 0.2) is 5.96 Å². The number of nitrogens with one attached hydrogen (secondary N) is 3. The van der Waals surface area contributed by atoms with Crippen molar-refractivity contribution in [2.24, 2.45) is 22.2 Å². The quantitative estimate of drug-likeness (QED) is 0.0799. The second-order valence-corrected chi connectivity index (χ2v) is 4.56. The zero-order chi connectivity index (χ0) is 14.5. The molecule has 0 saturated heterocycles. The van der Waals surface area contributed by atoms with Crippen LogP contribution in [0.1, 0.15) is 12.8 Å². The summed E-state index contributed by atoms with van der Waals surface area (Å²) < 4.78 is 2.95. The zero-order valence-electron chi connectivity index (χ0n) is 11.0. The van der Waals surface area contributed by atoms with Crippen molar-refractivity contribution < 1.29 is 4.79 Å². The lowest BCUT2D eigenvalue weighted by Gasteiger charge is -2.14. The van der Waals surface area contributed by atoms with Crippen LogP contribution >= 0.6 is 22.9 Å². The summed E-state index contributed by atoms with van der Waals surface area (Å²) in [5.41, 5.74) is 15.8. The minimum atomic E-state index is -0.232. The van der Waals surface area contributed by atoms with Gasteiger partial charge in [0.25, 0.3) is 0 Å². The Morgan fingerprint density at radius 3 is 2.58 bits per heavy atom. The Labute approximate surface area is 127 Å². The van der Waals surface area contributed by atoms with Gasteiger partial charge in [-0.05, 0) is 12.8 Å². The predicted molar refractivity (Wildman–Crippen MR) is 85.8 cm³/mol. The third-order valence-electron chi connectivity index (χ3n) is 2.32. The van der Waals surface area contributed by atoms with Gasteiger partial charge < -0.3 is 27.8 Å². The molecule has 9 N–H and O–H groups in total. The van der Waals surface area contributed by atoms with Gasteiger partial charge in [-0.1, -0.05) is 0 Å². The monoisotopic (exact) mass is 385 g/mol. The number of nitrogens with two attached hydrogens (primary N) is 3. The van der Waals surface area contributed by atoms with E-state index in [9.17, 15) is 4.79 Å². The molecule has 1 unspecified atom stereocenters. The summed E-state index contributed by atoms with van der Waals surface area (Å²) in [7, 11) is 0. The molecule has 0 saturated carbocycles. The Morgan fingerprint density at radius 1 is 1.26 bits per heavy atom. The number of hydrogen-bond donors (Lipinski definition) is 6. The highest BCUT2D eigenvalue weighted by Crippen LogP contribution is 2.00. The van der Waals surface area contributed by atoms with Crippen LogP contribution in [0.15, 0.2) is 4.99 Å². The van der Waals surface area contributed by atoms with Gasteiger partial charge >= 0.3 is 0 Å². The Morgan fingerprint density at radius 2 is 2.00 bits per heavy atom. The highest BCUT2D eigenvalue weighted by molar-refractivity contribution is 14.1. The SMILES string of the molecule is NCCNCCNC(=O)C(CCCN=C(N)N)NI. The van der Waals surface area contributed by atoms with Crippen molar-refractivity contribution in [1.29, 1.82) is 0 Å². The Balaban J connectivity index is 3.75. The van der Waals surface area contributed by atoms with Crippen molar-refractivity contribution in [3.05, 3.63) is 0 Å². The summed E-state index contributed by atoms with van der Waals surface area (Å²) in [5.74, 6) is 0.0584. The fraction of sp³-hybridized carbons (Fsp3) is 0.800. The summed E-state index contributed by atoms with van der Waals surface area (Å²) in [5, 5.41) is 5.95. The average Bonchev–Trinajstić information content (AvgIpc) is 2.38. The van der Waals surface area contributed by atoms with Crippen LogP contribution in [-0.2, 0) is 4.79 Å². The maximum atomic E-state index is 11.8. The molecule has 0 heterocycles. The summed E-state index contributed by atoms with van der Waals surface area (Å²) in [6.45, 7) is 3.17. The van der Waals surface area contributed by atoms with Gasteiger partial charge in [0, 0.05) is 55.6 Å². The molecule has 0 bridgehead atoms. The molecule has 0 fully saturated rings. The molecule has 0 aliphatic rings. The number of aliphatic imine (C=N–C) groups is 1. The highest BCUT2D eigenvalue weighted by atomic mass is 127. The summed E-state index contributed by atoms with van der Waals surface area (Å²) in [6, 6.07) is -0.232. The number of halogens is 1. The molecule has 112 valence electrons. The molecule has 8 nitrogen and oxygen atoms in total. The maximum Gasteiger partial charge on any atom is 0.237 e. The van der Waals surface area contributed by atoms with Crippen LogP contribution < -0.4 is 31.4 Å². The lowest BCUT2D eigenvalue weighted by Crippen LogP contribution is -2.43. The first-order chi connectivity index (χ1) is 9.11. The third kappa shape index (κ3) is 10.9. The lowest BCUT2D eigenvalue weighted by atomic mass is 10.1. The summed E-state index contributed by atoms with van der Waals surface area (Å²) in [4.78, 5) is 15.7. The standard InChI is InChI=1S/C10H24IN7O/c11-18-8(2-1-4-17-10(13)14)9(19)16-7-6-15-5-3-12/h8,15,18H,1-7,12H2,(H,16,19)(H4,13,14,17). The Hall–Kier alpha value is -0.650. The van der Waals surface area contributed by atoms with Gasteiger partial charge in [0.1, 0.15) is 0 Å². The van der Waals surface area contributed by atoms with E-state index in [1.807, 2.05) is 22.9 Å². The molecule has 9 heteroatoms. The Kier molecular flexibility index (Phi) is 12.0. The maximum absolute atomic E-state index is 11.8. The van der Waals surface area contributed by atoms with Crippen LogP contribution in [0.5, 0.6) is 0 Å². The molecule has 0 aromatic rings. The van der Waals surface area contributed by atoms with Gasteiger partial charge in [0.2, 0.25) is 5.91 Å². The van der Waals surface area contributed by atoms with Gasteiger partial charge in [-0.15, -0.1) is 0 Å². The van der Waals surface area contributed by atoms with E-state index in [0.717, 1.165) is 13.0 Å². The van der Waals surface area contributed by atoms with E-state index in [1.54, 1.807) is 0 Å². The van der Waals surface area contributed by atoms with Crippen molar-refractivity contribution in [3.63, 3.8) is 0 Å². The molecule has 1 atom stereocenters. The minimum Gasteiger partial charge on any atom is -0.370 e. The minimum absolute atomic E-state index is 0.0198. The number of carbonyl (C=O) groups is 1. The van der Waals surface area contributed by atoms with E-state index in [-0.39, 0.29) is 17.9 Å².